The number of amides is 1. The van der Waals surface area contributed by atoms with Crippen LogP contribution in [0, 0.1) is 6.92 Å². The van der Waals surface area contributed by atoms with Gasteiger partial charge in [0.05, 0.1) is 29.3 Å². The largest absolute Gasteiger partial charge is 0.454 e. The Morgan fingerprint density at radius 1 is 1.24 bits per heavy atom. The summed E-state index contributed by atoms with van der Waals surface area (Å²) in [6, 6.07) is 11.8. The van der Waals surface area contributed by atoms with Crippen molar-refractivity contribution in [1.82, 2.24) is 4.98 Å². The molecule has 1 amide bonds. The van der Waals surface area contributed by atoms with Crippen molar-refractivity contribution in [3.8, 4) is 11.5 Å². The van der Waals surface area contributed by atoms with Crippen LogP contribution in [0.3, 0.4) is 0 Å². The van der Waals surface area contributed by atoms with Gasteiger partial charge in [0.25, 0.3) is 0 Å². The van der Waals surface area contributed by atoms with Crippen LogP contribution >= 0.6 is 11.3 Å². The van der Waals surface area contributed by atoms with E-state index < -0.39 is 0 Å². The summed E-state index contributed by atoms with van der Waals surface area (Å²) in [4.78, 5) is 19.9. The molecule has 3 heterocycles. The lowest BCUT2D eigenvalue weighted by Gasteiger charge is -2.23. The number of fused-ring (bicyclic) bond motifs is 2. The number of hydrogen-bond donors (Lipinski definition) is 0. The van der Waals surface area contributed by atoms with Crippen molar-refractivity contribution in [2.75, 3.05) is 24.8 Å². The third-order valence-electron chi connectivity index (χ3n) is 5.34. The SMILES string of the molecule is Cc1cccc2sc(N(CC3CCCO3)C(=O)Cc3ccc4c(c3)OCO4)nc12. The average molecular weight is 410 g/mol. The number of thiazole rings is 1. The predicted molar refractivity (Wildman–Crippen MR) is 112 cm³/mol. The second kappa shape index (κ2) is 7.65. The summed E-state index contributed by atoms with van der Waals surface area (Å²) in [5.41, 5.74) is 2.97. The third kappa shape index (κ3) is 3.68. The molecule has 7 heteroatoms. The van der Waals surface area contributed by atoms with Crippen molar-refractivity contribution in [3.05, 3.63) is 47.5 Å². The van der Waals surface area contributed by atoms with E-state index in [1.807, 2.05) is 37.3 Å². The van der Waals surface area contributed by atoms with Crippen molar-refractivity contribution in [2.24, 2.45) is 0 Å². The minimum atomic E-state index is 0.0103. The van der Waals surface area contributed by atoms with Crippen molar-refractivity contribution in [2.45, 2.75) is 32.3 Å². The van der Waals surface area contributed by atoms with Crippen LogP contribution in [0.2, 0.25) is 0 Å². The highest BCUT2D eigenvalue weighted by Crippen LogP contribution is 2.34. The highest BCUT2D eigenvalue weighted by molar-refractivity contribution is 7.22. The van der Waals surface area contributed by atoms with Gasteiger partial charge in [0.2, 0.25) is 12.7 Å². The van der Waals surface area contributed by atoms with Gasteiger partial charge < -0.3 is 14.2 Å². The van der Waals surface area contributed by atoms with E-state index in [0.29, 0.717) is 12.3 Å². The Morgan fingerprint density at radius 3 is 2.97 bits per heavy atom. The van der Waals surface area contributed by atoms with Crippen LogP contribution in [0.4, 0.5) is 5.13 Å². The molecule has 0 bridgehead atoms. The molecule has 1 unspecified atom stereocenters. The normalized spacial score (nSPS) is 17.8. The Labute approximate surface area is 173 Å². The van der Waals surface area contributed by atoms with Gasteiger partial charge in [0.15, 0.2) is 16.6 Å². The molecule has 0 saturated carbocycles. The van der Waals surface area contributed by atoms with Gasteiger partial charge >= 0.3 is 0 Å². The molecule has 29 heavy (non-hydrogen) atoms. The fourth-order valence-electron chi connectivity index (χ4n) is 3.79. The lowest BCUT2D eigenvalue weighted by Crippen LogP contribution is -2.38. The minimum absolute atomic E-state index is 0.0103. The quantitative estimate of drug-likeness (QED) is 0.634. The number of aryl methyl sites for hydroxylation is 1. The summed E-state index contributed by atoms with van der Waals surface area (Å²) >= 11 is 1.56. The zero-order valence-corrected chi connectivity index (χ0v) is 17.0. The molecule has 3 aromatic rings. The van der Waals surface area contributed by atoms with Crippen LogP contribution in [0.1, 0.15) is 24.0 Å². The van der Waals surface area contributed by atoms with Crippen LogP contribution in [0.5, 0.6) is 11.5 Å². The van der Waals surface area contributed by atoms with Crippen LogP contribution < -0.4 is 14.4 Å². The summed E-state index contributed by atoms with van der Waals surface area (Å²) < 4.78 is 17.7. The number of ether oxygens (including phenoxy) is 3. The molecule has 1 saturated heterocycles. The molecule has 0 spiro atoms. The molecule has 1 aromatic heterocycles. The second-order valence-electron chi connectivity index (χ2n) is 7.42. The lowest BCUT2D eigenvalue weighted by atomic mass is 10.1. The number of carbonyl (C=O) groups is 1. The smallest absolute Gasteiger partial charge is 0.233 e. The molecule has 0 radical (unpaired) electrons. The lowest BCUT2D eigenvalue weighted by molar-refractivity contribution is -0.118. The number of para-hydroxylation sites is 1. The van der Waals surface area contributed by atoms with Gasteiger partial charge in [0.1, 0.15) is 0 Å². The van der Waals surface area contributed by atoms with Gasteiger partial charge in [-0.2, -0.15) is 0 Å². The first-order valence-corrected chi connectivity index (χ1v) is 10.7. The topological polar surface area (TPSA) is 60.9 Å². The van der Waals surface area contributed by atoms with E-state index >= 15 is 0 Å². The maximum atomic E-state index is 13.3. The molecule has 2 aromatic carbocycles. The standard InChI is InChI=1S/C22H22N2O4S/c1-14-4-2-6-19-21(14)23-22(29-19)24(12-16-5-3-9-26-16)20(25)11-15-7-8-17-18(10-15)28-13-27-17/h2,4,6-8,10,16H,3,5,9,11-13H2,1H3. The van der Waals surface area contributed by atoms with Crippen molar-refractivity contribution < 1.29 is 19.0 Å². The maximum Gasteiger partial charge on any atom is 0.233 e. The number of carbonyl (C=O) groups excluding carboxylic acids is 1. The molecule has 6 nitrogen and oxygen atoms in total. The van der Waals surface area contributed by atoms with Gasteiger partial charge in [-0.1, -0.05) is 29.5 Å². The highest BCUT2D eigenvalue weighted by atomic mass is 32.1. The summed E-state index contributed by atoms with van der Waals surface area (Å²) in [6.45, 7) is 3.56. The summed E-state index contributed by atoms with van der Waals surface area (Å²) in [5, 5.41) is 0.732. The first-order valence-electron chi connectivity index (χ1n) is 9.84. The predicted octanol–water partition coefficient (Wildman–Crippen LogP) is 4.09. The Hall–Kier alpha value is -2.64. The van der Waals surface area contributed by atoms with Gasteiger partial charge in [-0.3, -0.25) is 9.69 Å². The molecule has 5 rings (SSSR count). The molecular formula is C22H22N2O4S. The molecule has 0 N–H and O–H groups in total. The van der Waals surface area contributed by atoms with E-state index in [1.54, 1.807) is 16.2 Å². The van der Waals surface area contributed by atoms with E-state index in [-0.39, 0.29) is 25.2 Å². The Morgan fingerprint density at radius 2 is 2.14 bits per heavy atom. The van der Waals surface area contributed by atoms with Crippen molar-refractivity contribution in [1.29, 1.82) is 0 Å². The maximum absolute atomic E-state index is 13.3. The van der Waals surface area contributed by atoms with Crippen LogP contribution in [-0.4, -0.2) is 36.9 Å². The molecule has 1 fully saturated rings. The van der Waals surface area contributed by atoms with E-state index in [0.717, 1.165) is 51.7 Å². The van der Waals surface area contributed by atoms with Crippen LogP contribution in [0.15, 0.2) is 36.4 Å². The van der Waals surface area contributed by atoms with E-state index in [4.69, 9.17) is 19.2 Å². The monoisotopic (exact) mass is 410 g/mol. The molecular weight excluding hydrogens is 388 g/mol. The number of anilines is 1. The first-order chi connectivity index (χ1) is 14.2. The minimum Gasteiger partial charge on any atom is -0.454 e. The Balaban J connectivity index is 1.44. The number of rotatable bonds is 5. The molecule has 150 valence electrons. The first kappa shape index (κ1) is 18.4. The zero-order chi connectivity index (χ0) is 19.8. The van der Waals surface area contributed by atoms with Gasteiger partial charge in [0, 0.05) is 6.61 Å². The average Bonchev–Trinajstić information content (AvgIpc) is 3.46. The van der Waals surface area contributed by atoms with Crippen LogP contribution in [-0.2, 0) is 16.0 Å². The van der Waals surface area contributed by atoms with Gasteiger partial charge in [-0.15, -0.1) is 0 Å². The highest BCUT2D eigenvalue weighted by Gasteiger charge is 2.27. The Kier molecular flexibility index (Phi) is 4.85. The molecule has 2 aliphatic rings. The number of aromatic nitrogens is 1. The third-order valence-corrected chi connectivity index (χ3v) is 6.39. The fourth-order valence-corrected chi connectivity index (χ4v) is 4.86. The summed E-state index contributed by atoms with van der Waals surface area (Å²) in [5.74, 6) is 1.42. The van der Waals surface area contributed by atoms with Gasteiger partial charge in [-0.05, 0) is 49.1 Å². The molecule has 0 aliphatic carbocycles. The van der Waals surface area contributed by atoms with Gasteiger partial charge in [-0.25, -0.2) is 4.98 Å². The fraction of sp³-hybridized carbons (Fsp3) is 0.364. The van der Waals surface area contributed by atoms with E-state index in [9.17, 15) is 4.79 Å². The molecule has 2 aliphatic heterocycles. The zero-order valence-electron chi connectivity index (χ0n) is 16.2. The Bertz CT molecular complexity index is 1060. The number of hydrogen-bond acceptors (Lipinski definition) is 6. The van der Waals surface area contributed by atoms with Crippen LogP contribution in [0.25, 0.3) is 10.2 Å². The van der Waals surface area contributed by atoms with E-state index in [2.05, 4.69) is 6.07 Å². The second-order valence-corrected chi connectivity index (χ2v) is 8.43. The van der Waals surface area contributed by atoms with E-state index in [1.165, 1.54) is 0 Å². The summed E-state index contributed by atoms with van der Waals surface area (Å²) in [7, 11) is 0. The number of nitrogens with zero attached hydrogens (tertiary/aromatic N) is 2. The summed E-state index contributed by atoms with van der Waals surface area (Å²) in [6.07, 6.45) is 2.34. The number of benzene rings is 2. The van der Waals surface area contributed by atoms with Crippen molar-refractivity contribution in [3.63, 3.8) is 0 Å². The molecule has 1 atom stereocenters. The van der Waals surface area contributed by atoms with Crippen molar-refractivity contribution >= 4 is 32.6 Å².